The number of hydrogen-bond acceptors (Lipinski definition) is 5. The van der Waals surface area contributed by atoms with Crippen molar-refractivity contribution in [1.82, 2.24) is 4.90 Å². The van der Waals surface area contributed by atoms with Gasteiger partial charge in [-0.3, -0.25) is 14.5 Å². The number of methoxy groups -OCH3 is 1. The van der Waals surface area contributed by atoms with Crippen LogP contribution in [0.5, 0.6) is 11.5 Å². The highest BCUT2D eigenvalue weighted by atomic mass is 16.5. The Morgan fingerprint density at radius 2 is 1.68 bits per heavy atom. The second kappa shape index (κ2) is 10.5. The summed E-state index contributed by atoms with van der Waals surface area (Å²) in [4.78, 5) is 28.0. The summed E-state index contributed by atoms with van der Waals surface area (Å²) < 4.78 is 10.9. The number of hydrogen-bond donors (Lipinski definition) is 0. The topological polar surface area (TPSA) is 79.6 Å². The van der Waals surface area contributed by atoms with Gasteiger partial charge in [-0.25, -0.2) is 0 Å². The van der Waals surface area contributed by atoms with Gasteiger partial charge >= 0.3 is 0 Å². The average molecular weight is 453 g/mol. The van der Waals surface area contributed by atoms with Crippen LogP contribution in [0.15, 0.2) is 72.8 Å². The number of nitriles is 1. The van der Waals surface area contributed by atoms with Gasteiger partial charge in [-0.2, -0.15) is 5.26 Å². The number of ether oxygens (including phenoxy) is 2. The molecule has 2 amide bonds. The Balaban J connectivity index is 1.65. The smallest absolute Gasteiger partial charge is 0.261 e. The maximum absolute atomic E-state index is 13.5. The van der Waals surface area contributed by atoms with Crippen LogP contribution < -0.4 is 9.47 Å². The second-order valence-corrected chi connectivity index (χ2v) is 7.83. The van der Waals surface area contributed by atoms with Crippen LogP contribution in [-0.2, 0) is 11.3 Å². The number of nitrogens with zero attached hydrogens (tertiary/aromatic N) is 2. The number of carbonyl (C=O) groups excluding carboxylic acids is 2. The van der Waals surface area contributed by atoms with Crippen LogP contribution in [0.1, 0.15) is 39.9 Å². The summed E-state index contributed by atoms with van der Waals surface area (Å²) >= 11 is 0. The van der Waals surface area contributed by atoms with E-state index in [0.29, 0.717) is 47.6 Å². The molecule has 6 heteroatoms. The van der Waals surface area contributed by atoms with Crippen LogP contribution in [0.25, 0.3) is 11.6 Å². The predicted octanol–water partition coefficient (Wildman–Crippen LogP) is 5.10. The first-order valence-electron chi connectivity index (χ1n) is 11.0. The highest BCUT2D eigenvalue weighted by molar-refractivity contribution is 6.33. The lowest BCUT2D eigenvalue weighted by Crippen LogP contribution is -2.41. The molecule has 1 aliphatic rings. The van der Waals surface area contributed by atoms with Crippen molar-refractivity contribution in [1.29, 1.82) is 5.26 Å². The van der Waals surface area contributed by atoms with Crippen LogP contribution in [-0.4, -0.2) is 30.4 Å². The van der Waals surface area contributed by atoms with Crippen LogP contribution in [0.4, 0.5) is 0 Å². The van der Waals surface area contributed by atoms with Gasteiger partial charge < -0.3 is 9.47 Å². The Bertz CT molecular complexity index is 1270. The standard InChI is InChI=1S/C28H24N2O4/c1-33-22-13-11-20(12-14-22)19-30-27(31)25-10-3-2-9-24(25)26(28(30)32)18-21-7-6-8-23(17-21)34-16-5-4-15-29/h2-3,6-14,17-18H,4-5,16,19H2,1H3/b26-18+. The largest absolute Gasteiger partial charge is 0.497 e. The molecule has 0 aliphatic carbocycles. The van der Waals surface area contributed by atoms with E-state index in [4.69, 9.17) is 14.7 Å². The van der Waals surface area contributed by atoms with E-state index in [1.165, 1.54) is 4.90 Å². The number of rotatable bonds is 8. The number of fused-ring (bicyclic) bond motifs is 1. The normalized spacial score (nSPS) is 14.0. The summed E-state index contributed by atoms with van der Waals surface area (Å²) in [6.45, 7) is 0.606. The number of carbonyl (C=O) groups is 2. The fraction of sp³-hybridized carbons (Fsp3) is 0.179. The van der Waals surface area contributed by atoms with Gasteiger partial charge in [-0.1, -0.05) is 42.5 Å². The Labute approximate surface area is 198 Å². The van der Waals surface area contributed by atoms with E-state index in [2.05, 4.69) is 6.07 Å². The molecule has 34 heavy (non-hydrogen) atoms. The fourth-order valence-corrected chi connectivity index (χ4v) is 3.80. The Morgan fingerprint density at radius 1 is 0.912 bits per heavy atom. The maximum atomic E-state index is 13.5. The van der Waals surface area contributed by atoms with E-state index in [0.717, 1.165) is 11.1 Å². The van der Waals surface area contributed by atoms with Gasteiger partial charge in [-0.05, 0) is 59.5 Å². The quantitative estimate of drug-likeness (QED) is 0.270. The van der Waals surface area contributed by atoms with Crippen molar-refractivity contribution in [2.45, 2.75) is 19.4 Å². The molecule has 0 aromatic heterocycles. The van der Waals surface area contributed by atoms with E-state index < -0.39 is 0 Å². The van der Waals surface area contributed by atoms with Crippen molar-refractivity contribution in [3.63, 3.8) is 0 Å². The lowest BCUT2D eigenvalue weighted by atomic mass is 9.91. The molecule has 0 N–H and O–H groups in total. The van der Waals surface area contributed by atoms with E-state index in [1.54, 1.807) is 43.5 Å². The molecular weight excluding hydrogens is 428 g/mol. The van der Waals surface area contributed by atoms with Gasteiger partial charge in [0, 0.05) is 17.6 Å². The summed E-state index contributed by atoms with van der Waals surface area (Å²) in [5, 5.41) is 8.67. The zero-order valence-corrected chi connectivity index (χ0v) is 18.9. The fourth-order valence-electron chi connectivity index (χ4n) is 3.80. The highest BCUT2D eigenvalue weighted by Gasteiger charge is 2.34. The second-order valence-electron chi connectivity index (χ2n) is 7.83. The highest BCUT2D eigenvalue weighted by Crippen LogP contribution is 2.32. The molecule has 0 saturated carbocycles. The minimum absolute atomic E-state index is 0.162. The lowest BCUT2D eigenvalue weighted by molar-refractivity contribution is -0.123. The molecule has 0 unspecified atom stereocenters. The van der Waals surface area contributed by atoms with E-state index in [1.807, 2.05) is 42.5 Å². The van der Waals surface area contributed by atoms with Gasteiger partial charge in [-0.15, -0.1) is 0 Å². The third kappa shape index (κ3) is 5.00. The molecule has 170 valence electrons. The van der Waals surface area contributed by atoms with Gasteiger partial charge in [0.15, 0.2) is 0 Å². The lowest BCUT2D eigenvalue weighted by Gasteiger charge is -2.29. The molecule has 0 saturated heterocycles. The Kier molecular flexibility index (Phi) is 7.04. The molecule has 0 atom stereocenters. The molecule has 1 aliphatic heterocycles. The molecule has 0 radical (unpaired) electrons. The maximum Gasteiger partial charge on any atom is 0.261 e. The molecule has 1 heterocycles. The summed E-state index contributed by atoms with van der Waals surface area (Å²) in [6, 6.07) is 24.0. The number of benzene rings is 3. The van der Waals surface area contributed by atoms with E-state index in [9.17, 15) is 9.59 Å². The number of amides is 2. The van der Waals surface area contributed by atoms with Crippen molar-refractivity contribution in [2.24, 2.45) is 0 Å². The SMILES string of the molecule is COc1ccc(CN2C(=O)/C(=C/c3cccc(OCCCC#N)c3)c3ccccc3C2=O)cc1. The average Bonchev–Trinajstić information content (AvgIpc) is 2.87. The summed E-state index contributed by atoms with van der Waals surface area (Å²) in [6.07, 6.45) is 2.87. The minimum Gasteiger partial charge on any atom is -0.497 e. The Hall–Kier alpha value is -4.37. The van der Waals surface area contributed by atoms with Crippen molar-refractivity contribution in [3.05, 3.63) is 95.1 Å². The van der Waals surface area contributed by atoms with Crippen LogP contribution in [0.3, 0.4) is 0 Å². The van der Waals surface area contributed by atoms with Crippen molar-refractivity contribution < 1.29 is 19.1 Å². The molecule has 0 spiro atoms. The van der Waals surface area contributed by atoms with Crippen LogP contribution in [0, 0.1) is 11.3 Å². The minimum atomic E-state index is -0.347. The molecule has 6 nitrogen and oxygen atoms in total. The molecule has 0 bridgehead atoms. The van der Waals surface area contributed by atoms with Gasteiger partial charge in [0.1, 0.15) is 11.5 Å². The molecule has 0 fully saturated rings. The Morgan fingerprint density at radius 3 is 2.41 bits per heavy atom. The van der Waals surface area contributed by atoms with Crippen molar-refractivity contribution in [2.75, 3.05) is 13.7 Å². The molecular formula is C28H24N2O4. The third-order valence-corrected chi connectivity index (χ3v) is 5.54. The van der Waals surface area contributed by atoms with Gasteiger partial charge in [0.2, 0.25) is 0 Å². The first-order valence-corrected chi connectivity index (χ1v) is 11.0. The van der Waals surface area contributed by atoms with Gasteiger partial charge in [0.05, 0.1) is 26.3 Å². The summed E-state index contributed by atoms with van der Waals surface area (Å²) in [5.74, 6) is 0.707. The van der Waals surface area contributed by atoms with Crippen molar-refractivity contribution >= 4 is 23.5 Å². The third-order valence-electron chi connectivity index (χ3n) is 5.54. The zero-order chi connectivity index (χ0) is 23.9. The summed E-state index contributed by atoms with van der Waals surface area (Å²) in [5.41, 5.74) is 3.17. The first-order chi connectivity index (χ1) is 16.6. The molecule has 4 rings (SSSR count). The van der Waals surface area contributed by atoms with Crippen molar-refractivity contribution in [3.8, 4) is 17.6 Å². The van der Waals surface area contributed by atoms with E-state index >= 15 is 0 Å². The monoisotopic (exact) mass is 452 g/mol. The van der Waals surface area contributed by atoms with Crippen LogP contribution in [0.2, 0.25) is 0 Å². The zero-order valence-electron chi connectivity index (χ0n) is 18.9. The van der Waals surface area contributed by atoms with E-state index in [-0.39, 0.29) is 18.4 Å². The number of imide groups is 1. The number of unbranched alkanes of at least 4 members (excludes halogenated alkanes) is 1. The van der Waals surface area contributed by atoms with Crippen LogP contribution >= 0.6 is 0 Å². The van der Waals surface area contributed by atoms with Gasteiger partial charge in [0.25, 0.3) is 11.8 Å². The summed E-state index contributed by atoms with van der Waals surface area (Å²) in [7, 11) is 1.59. The predicted molar refractivity (Wildman–Crippen MR) is 129 cm³/mol. The molecule has 3 aromatic carbocycles. The first kappa shape index (κ1) is 22.8. The molecule has 3 aromatic rings.